The molecule has 2 heterocycles. The highest BCUT2D eigenvalue weighted by Gasteiger charge is 2.38. The molecule has 0 saturated carbocycles. The molecule has 2 aromatic rings. The van der Waals surface area contributed by atoms with Crippen molar-refractivity contribution in [1.29, 1.82) is 0 Å². The molecule has 2 atom stereocenters. The summed E-state index contributed by atoms with van der Waals surface area (Å²) < 4.78 is 18.6. The van der Waals surface area contributed by atoms with Gasteiger partial charge in [-0.3, -0.25) is 4.79 Å². The molecule has 0 radical (unpaired) electrons. The van der Waals surface area contributed by atoms with E-state index in [1.807, 2.05) is 12.1 Å². The van der Waals surface area contributed by atoms with Gasteiger partial charge in [0.2, 0.25) is 0 Å². The van der Waals surface area contributed by atoms with Crippen molar-refractivity contribution in [3.8, 4) is 0 Å². The van der Waals surface area contributed by atoms with E-state index in [9.17, 15) is 14.0 Å². The Balaban J connectivity index is 1.56. The molecule has 1 amide bonds. The summed E-state index contributed by atoms with van der Waals surface area (Å²) in [4.78, 5) is 26.9. The summed E-state index contributed by atoms with van der Waals surface area (Å²) in [7, 11) is 0. The van der Waals surface area contributed by atoms with Gasteiger partial charge in [0.05, 0.1) is 11.6 Å². The first-order valence-electron chi connectivity index (χ1n) is 8.48. The standard InChI is InChI=1S/C20H18FNO3/c21-15-9-7-13(8-10-15)17-6-3-11-22(17)19(23)18-12-14-4-1-2-5-16(14)20(24)25-18/h1-2,4-5,7-10,17-18H,3,6,11-12H2. The van der Waals surface area contributed by atoms with Gasteiger partial charge in [0.25, 0.3) is 5.91 Å². The van der Waals surface area contributed by atoms with Crippen LogP contribution in [0.3, 0.4) is 0 Å². The number of fused-ring (bicyclic) bond motifs is 1. The Kier molecular flexibility index (Phi) is 3.99. The number of halogens is 1. The first-order valence-corrected chi connectivity index (χ1v) is 8.48. The monoisotopic (exact) mass is 339 g/mol. The van der Waals surface area contributed by atoms with Crippen molar-refractivity contribution < 1.29 is 18.7 Å². The van der Waals surface area contributed by atoms with Gasteiger partial charge in [-0.2, -0.15) is 0 Å². The molecular formula is C20H18FNO3. The highest BCUT2D eigenvalue weighted by molar-refractivity contribution is 5.95. The van der Waals surface area contributed by atoms with E-state index in [1.54, 1.807) is 29.2 Å². The summed E-state index contributed by atoms with van der Waals surface area (Å²) in [6.45, 7) is 0.622. The van der Waals surface area contributed by atoms with Crippen LogP contribution >= 0.6 is 0 Å². The first-order chi connectivity index (χ1) is 12.1. The summed E-state index contributed by atoms with van der Waals surface area (Å²) >= 11 is 0. The van der Waals surface area contributed by atoms with Gasteiger partial charge < -0.3 is 9.64 Å². The third-order valence-electron chi connectivity index (χ3n) is 4.96. The molecule has 2 unspecified atom stereocenters. The van der Waals surface area contributed by atoms with Gasteiger partial charge in [0, 0.05) is 13.0 Å². The van der Waals surface area contributed by atoms with Crippen LogP contribution in [0.25, 0.3) is 0 Å². The van der Waals surface area contributed by atoms with Crippen LogP contribution in [0.1, 0.15) is 40.4 Å². The van der Waals surface area contributed by atoms with Crippen molar-refractivity contribution in [3.05, 3.63) is 71.0 Å². The average molecular weight is 339 g/mol. The van der Waals surface area contributed by atoms with E-state index < -0.39 is 12.1 Å². The third-order valence-corrected chi connectivity index (χ3v) is 4.96. The Morgan fingerprint density at radius 3 is 2.68 bits per heavy atom. The highest BCUT2D eigenvalue weighted by atomic mass is 19.1. The number of carbonyl (C=O) groups excluding carboxylic acids is 2. The molecule has 2 aliphatic rings. The molecule has 0 bridgehead atoms. The summed E-state index contributed by atoms with van der Waals surface area (Å²) in [6, 6.07) is 13.4. The predicted molar refractivity (Wildman–Crippen MR) is 89.4 cm³/mol. The van der Waals surface area contributed by atoms with Crippen molar-refractivity contribution in [2.24, 2.45) is 0 Å². The van der Waals surface area contributed by atoms with Crippen molar-refractivity contribution >= 4 is 11.9 Å². The van der Waals surface area contributed by atoms with E-state index in [2.05, 4.69) is 0 Å². The van der Waals surface area contributed by atoms with Gasteiger partial charge in [0.1, 0.15) is 5.82 Å². The molecule has 0 N–H and O–H groups in total. The lowest BCUT2D eigenvalue weighted by molar-refractivity contribution is -0.142. The Morgan fingerprint density at radius 1 is 1.12 bits per heavy atom. The van der Waals surface area contributed by atoms with Crippen LogP contribution in [0.5, 0.6) is 0 Å². The molecule has 5 heteroatoms. The summed E-state index contributed by atoms with van der Waals surface area (Å²) in [5, 5.41) is 0. The fraction of sp³-hybridized carbons (Fsp3) is 0.300. The van der Waals surface area contributed by atoms with E-state index in [0.717, 1.165) is 24.0 Å². The largest absolute Gasteiger partial charge is 0.448 e. The van der Waals surface area contributed by atoms with Crippen molar-refractivity contribution in [1.82, 2.24) is 4.90 Å². The molecule has 2 aromatic carbocycles. The first kappa shape index (κ1) is 15.8. The molecule has 25 heavy (non-hydrogen) atoms. The fourth-order valence-corrected chi connectivity index (χ4v) is 3.72. The minimum Gasteiger partial charge on any atom is -0.448 e. The average Bonchev–Trinajstić information content (AvgIpc) is 3.11. The van der Waals surface area contributed by atoms with Crippen molar-refractivity contribution in [2.75, 3.05) is 6.54 Å². The number of nitrogens with zero attached hydrogens (tertiary/aromatic N) is 1. The molecule has 4 rings (SSSR count). The maximum absolute atomic E-state index is 13.2. The van der Waals surface area contributed by atoms with E-state index in [4.69, 9.17) is 4.74 Å². The normalized spacial score (nSPS) is 22.4. The number of hydrogen-bond donors (Lipinski definition) is 0. The number of esters is 1. The van der Waals surface area contributed by atoms with Crippen molar-refractivity contribution in [3.63, 3.8) is 0 Å². The lowest BCUT2D eigenvalue weighted by atomic mass is 9.97. The number of ether oxygens (including phenoxy) is 1. The second-order valence-corrected chi connectivity index (χ2v) is 6.50. The van der Waals surface area contributed by atoms with Crippen LogP contribution in [0, 0.1) is 5.82 Å². The van der Waals surface area contributed by atoms with Gasteiger partial charge in [-0.25, -0.2) is 9.18 Å². The second-order valence-electron chi connectivity index (χ2n) is 6.50. The molecule has 4 nitrogen and oxygen atoms in total. The van der Waals surface area contributed by atoms with Gasteiger partial charge in [-0.05, 0) is 42.2 Å². The van der Waals surface area contributed by atoms with Crippen LogP contribution in [0.4, 0.5) is 4.39 Å². The van der Waals surface area contributed by atoms with Gasteiger partial charge in [0.15, 0.2) is 6.10 Å². The number of benzene rings is 2. The number of amides is 1. The smallest absolute Gasteiger partial charge is 0.339 e. The summed E-state index contributed by atoms with van der Waals surface area (Å²) in [6.07, 6.45) is 1.32. The van der Waals surface area contributed by atoms with E-state index in [0.29, 0.717) is 18.5 Å². The molecule has 2 aliphatic heterocycles. The number of carbonyl (C=O) groups is 2. The Bertz CT molecular complexity index is 818. The van der Waals surface area contributed by atoms with Crippen LogP contribution < -0.4 is 0 Å². The number of hydrogen-bond acceptors (Lipinski definition) is 3. The molecule has 1 fully saturated rings. The van der Waals surface area contributed by atoms with Crippen LogP contribution in [-0.2, 0) is 16.0 Å². The number of likely N-dealkylation sites (tertiary alicyclic amines) is 1. The van der Waals surface area contributed by atoms with Gasteiger partial charge >= 0.3 is 5.97 Å². The zero-order valence-electron chi connectivity index (χ0n) is 13.7. The van der Waals surface area contributed by atoms with E-state index >= 15 is 0 Å². The highest BCUT2D eigenvalue weighted by Crippen LogP contribution is 2.34. The SMILES string of the molecule is O=C1OC(C(=O)N2CCCC2c2ccc(F)cc2)Cc2ccccc21. The van der Waals surface area contributed by atoms with Gasteiger partial charge in [-0.15, -0.1) is 0 Å². The Morgan fingerprint density at radius 2 is 1.88 bits per heavy atom. The predicted octanol–water partition coefficient (Wildman–Crippen LogP) is 3.27. The topological polar surface area (TPSA) is 46.6 Å². The lowest BCUT2D eigenvalue weighted by Crippen LogP contribution is -2.44. The summed E-state index contributed by atoms with van der Waals surface area (Å²) in [5.41, 5.74) is 2.28. The van der Waals surface area contributed by atoms with Crippen LogP contribution in [-0.4, -0.2) is 29.4 Å². The number of cyclic esters (lactones) is 1. The molecule has 1 saturated heterocycles. The second kappa shape index (κ2) is 6.31. The summed E-state index contributed by atoms with van der Waals surface area (Å²) in [5.74, 6) is -0.912. The van der Waals surface area contributed by atoms with Gasteiger partial charge in [-0.1, -0.05) is 30.3 Å². The fourth-order valence-electron chi connectivity index (χ4n) is 3.72. The molecule has 0 aromatic heterocycles. The Hall–Kier alpha value is -2.69. The third kappa shape index (κ3) is 2.90. The number of rotatable bonds is 2. The Labute approximate surface area is 145 Å². The molecule has 0 spiro atoms. The maximum Gasteiger partial charge on any atom is 0.339 e. The molecular weight excluding hydrogens is 321 g/mol. The molecule has 0 aliphatic carbocycles. The quantitative estimate of drug-likeness (QED) is 0.789. The maximum atomic E-state index is 13.2. The zero-order chi connectivity index (χ0) is 17.4. The van der Waals surface area contributed by atoms with E-state index in [1.165, 1.54) is 12.1 Å². The van der Waals surface area contributed by atoms with Crippen molar-refractivity contribution in [2.45, 2.75) is 31.4 Å². The minimum atomic E-state index is -0.788. The minimum absolute atomic E-state index is 0.0935. The lowest BCUT2D eigenvalue weighted by Gasteiger charge is -2.31. The molecule has 128 valence electrons. The van der Waals surface area contributed by atoms with E-state index in [-0.39, 0.29) is 17.8 Å². The van der Waals surface area contributed by atoms with Crippen LogP contribution in [0.15, 0.2) is 48.5 Å². The zero-order valence-corrected chi connectivity index (χ0v) is 13.7. The van der Waals surface area contributed by atoms with Crippen LogP contribution in [0.2, 0.25) is 0 Å².